The maximum absolute atomic E-state index is 12.9. The van der Waals surface area contributed by atoms with E-state index in [0.29, 0.717) is 19.3 Å². The van der Waals surface area contributed by atoms with E-state index in [-0.39, 0.29) is 31.1 Å². The molecule has 1 atom stereocenters. The lowest BCUT2D eigenvalue weighted by Gasteiger charge is -2.18. The van der Waals surface area contributed by atoms with Gasteiger partial charge >= 0.3 is 17.9 Å². The minimum absolute atomic E-state index is 0.0972. The van der Waals surface area contributed by atoms with E-state index in [1.807, 2.05) is 0 Å². The van der Waals surface area contributed by atoms with Crippen LogP contribution in [0, 0.1) is 0 Å². The summed E-state index contributed by atoms with van der Waals surface area (Å²) in [5.41, 5.74) is 0. The first-order chi connectivity index (χ1) is 39.0. The quantitative estimate of drug-likeness (QED) is 0.0261. The summed E-state index contributed by atoms with van der Waals surface area (Å²) < 4.78 is 16.9. The summed E-state index contributed by atoms with van der Waals surface area (Å²) in [6, 6.07) is 0. The first-order valence-electron chi connectivity index (χ1n) is 32.7. The highest BCUT2D eigenvalue weighted by molar-refractivity contribution is 5.71. The van der Waals surface area contributed by atoms with Crippen LogP contribution in [0.1, 0.15) is 290 Å². The van der Waals surface area contributed by atoms with Crippen LogP contribution < -0.4 is 0 Å². The summed E-state index contributed by atoms with van der Waals surface area (Å²) >= 11 is 0. The maximum Gasteiger partial charge on any atom is 0.306 e. The minimum atomic E-state index is -0.803. The van der Waals surface area contributed by atoms with Gasteiger partial charge in [0.25, 0.3) is 0 Å². The number of carbonyl (C=O) groups is 3. The molecule has 0 aliphatic carbocycles. The van der Waals surface area contributed by atoms with Crippen molar-refractivity contribution in [1.29, 1.82) is 0 Å². The molecular formula is C73H120O6. The Kier molecular flexibility index (Phi) is 62.3. The molecule has 0 radical (unpaired) electrons. The van der Waals surface area contributed by atoms with Gasteiger partial charge in [-0.25, -0.2) is 0 Å². The Morgan fingerprint density at radius 1 is 0.266 bits per heavy atom. The Morgan fingerprint density at radius 3 is 0.810 bits per heavy atom. The number of rotatable bonds is 58. The van der Waals surface area contributed by atoms with E-state index in [0.717, 1.165) is 161 Å². The van der Waals surface area contributed by atoms with Gasteiger partial charge in [-0.05, 0) is 141 Å². The molecule has 0 heterocycles. The van der Waals surface area contributed by atoms with Crippen LogP contribution in [0.5, 0.6) is 0 Å². The normalized spacial score (nSPS) is 13.0. The van der Waals surface area contributed by atoms with Crippen LogP contribution in [0.3, 0.4) is 0 Å². The molecule has 1 unspecified atom stereocenters. The average Bonchev–Trinajstić information content (AvgIpc) is 3.45. The van der Waals surface area contributed by atoms with Gasteiger partial charge < -0.3 is 14.2 Å². The van der Waals surface area contributed by atoms with Crippen molar-refractivity contribution < 1.29 is 28.6 Å². The van der Waals surface area contributed by atoms with Crippen molar-refractivity contribution >= 4 is 17.9 Å². The van der Waals surface area contributed by atoms with Crippen LogP contribution in [-0.2, 0) is 28.6 Å². The third-order valence-electron chi connectivity index (χ3n) is 13.6. The number of allylic oxidation sites excluding steroid dienone is 22. The molecule has 0 spiro atoms. The van der Waals surface area contributed by atoms with E-state index < -0.39 is 6.10 Å². The van der Waals surface area contributed by atoms with E-state index >= 15 is 0 Å². The molecule has 0 fully saturated rings. The Hall–Kier alpha value is -4.45. The molecule has 0 aliphatic rings. The lowest BCUT2D eigenvalue weighted by Crippen LogP contribution is -2.30. The van der Waals surface area contributed by atoms with Crippen LogP contribution in [0.25, 0.3) is 0 Å². The lowest BCUT2D eigenvalue weighted by molar-refractivity contribution is -0.167. The number of ether oxygens (including phenoxy) is 3. The van der Waals surface area contributed by atoms with Crippen molar-refractivity contribution in [3.05, 3.63) is 134 Å². The van der Waals surface area contributed by atoms with Gasteiger partial charge in [0.1, 0.15) is 13.2 Å². The zero-order chi connectivity index (χ0) is 57.1. The molecule has 0 aromatic carbocycles. The summed E-state index contributed by atoms with van der Waals surface area (Å²) in [4.78, 5) is 38.4. The van der Waals surface area contributed by atoms with E-state index in [4.69, 9.17) is 14.2 Å². The molecule has 0 saturated carbocycles. The molecule has 79 heavy (non-hydrogen) atoms. The molecule has 0 bridgehead atoms. The molecule has 448 valence electrons. The molecule has 0 aromatic heterocycles. The van der Waals surface area contributed by atoms with Gasteiger partial charge in [0.2, 0.25) is 0 Å². The highest BCUT2D eigenvalue weighted by Crippen LogP contribution is 2.14. The summed E-state index contributed by atoms with van der Waals surface area (Å²) in [5, 5.41) is 0. The van der Waals surface area contributed by atoms with Gasteiger partial charge in [-0.1, -0.05) is 264 Å². The highest BCUT2D eigenvalue weighted by Gasteiger charge is 2.19. The minimum Gasteiger partial charge on any atom is -0.462 e. The second kappa shape index (κ2) is 66.1. The zero-order valence-electron chi connectivity index (χ0n) is 51.3. The van der Waals surface area contributed by atoms with Gasteiger partial charge in [0, 0.05) is 19.3 Å². The van der Waals surface area contributed by atoms with Crippen LogP contribution in [0.15, 0.2) is 134 Å². The van der Waals surface area contributed by atoms with E-state index in [1.54, 1.807) is 0 Å². The molecule has 6 nitrogen and oxygen atoms in total. The molecular weight excluding hydrogens is 973 g/mol. The van der Waals surface area contributed by atoms with Crippen LogP contribution in [-0.4, -0.2) is 37.2 Å². The van der Waals surface area contributed by atoms with Crippen molar-refractivity contribution in [3.8, 4) is 0 Å². The molecule has 0 N–H and O–H groups in total. The Balaban J connectivity index is 4.45. The highest BCUT2D eigenvalue weighted by atomic mass is 16.6. The fraction of sp³-hybridized carbons (Fsp3) is 0.658. The van der Waals surface area contributed by atoms with Crippen molar-refractivity contribution in [2.75, 3.05) is 13.2 Å². The second-order valence-electron chi connectivity index (χ2n) is 21.3. The third-order valence-corrected chi connectivity index (χ3v) is 13.6. The van der Waals surface area contributed by atoms with E-state index in [1.165, 1.54) is 89.9 Å². The predicted octanol–water partition coefficient (Wildman–Crippen LogP) is 22.5. The van der Waals surface area contributed by atoms with E-state index in [9.17, 15) is 14.4 Å². The van der Waals surface area contributed by atoms with Crippen molar-refractivity contribution in [3.63, 3.8) is 0 Å². The number of hydrogen-bond donors (Lipinski definition) is 0. The predicted molar refractivity (Wildman–Crippen MR) is 343 cm³/mol. The first-order valence-corrected chi connectivity index (χ1v) is 32.7. The molecule has 0 rings (SSSR count). The molecule has 6 heteroatoms. The molecule has 0 amide bonds. The summed E-state index contributed by atoms with van der Waals surface area (Å²) in [6.45, 7) is 6.47. The Morgan fingerprint density at radius 2 is 0.494 bits per heavy atom. The third kappa shape index (κ3) is 64.3. The fourth-order valence-corrected chi connectivity index (χ4v) is 8.72. The maximum atomic E-state index is 12.9. The summed E-state index contributed by atoms with van der Waals surface area (Å²) in [6.07, 6.45) is 93.0. The fourth-order valence-electron chi connectivity index (χ4n) is 8.72. The van der Waals surface area contributed by atoms with Gasteiger partial charge in [0.15, 0.2) is 6.10 Å². The number of unbranched alkanes of at least 4 members (excludes halogenated alkanes) is 25. The SMILES string of the molecule is CC/C=C\C/C=C\C/C=C\C/C=C\C/C=C\C/C=C\C/C=C\CCCCCCCC(=O)OCC(COC(=O)CCCCCCC/C=C\CCCCCCCC)OC(=O)CCCCCCCC/C=C\C/C=C\C/C=C\CCCCC. The standard InChI is InChI=1S/C73H120O6/c1-4-7-10-13-16-19-22-25-28-30-32-33-34-35-36-37-38-39-41-42-45-48-51-54-57-60-63-66-72(75)78-69-70(68-77-71(74)65-62-59-56-53-50-47-44-27-24-21-18-15-12-9-6-3)79-73(76)67-64-61-58-55-52-49-46-43-40-31-29-26-23-20-17-14-11-8-5-2/h7,10,16-17,19-20,25-29,32-33,35-36,38-40,42-45,70H,4-6,8-9,11-15,18,21-24,30-31,34,37,41,46-69H2,1-3H3/b10-7-,19-16-,20-17-,28-25-,29-26-,33-32-,36-35-,39-38-,43-40-,44-27-,45-42-. The van der Waals surface area contributed by atoms with Gasteiger partial charge in [-0.15, -0.1) is 0 Å². The number of hydrogen-bond acceptors (Lipinski definition) is 6. The van der Waals surface area contributed by atoms with Crippen LogP contribution in [0.2, 0.25) is 0 Å². The van der Waals surface area contributed by atoms with Crippen molar-refractivity contribution in [2.24, 2.45) is 0 Å². The molecule has 0 saturated heterocycles. The average molecular weight is 1090 g/mol. The largest absolute Gasteiger partial charge is 0.462 e. The van der Waals surface area contributed by atoms with Crippen LogP contribution >= 0.6 is 0 Å². The van der Waals surface area contributed by atoms with Crippen molar-refractivity contribution in [2.45, 2.75) is 297 Å². The number of esters is 3. The number of carbonyl (C=O) groups excluding carboxylic acids is 3. The van der Waals surface area contributed by atoms with Crippen molar-refractivity contribution in [1.82, 2.24) is 0 Å². The van der Waals surface area contributed by atoms with Gasteiger partial charge in [-0.2, -0.15) is 0 Å². The summed E-state index contributed by atoms with van der Waals surface area (Å²) in [7, 11) is 0. The Labute approximate surface area is 487 Å². The zero-order valence-corrected chi connectivity index (χ0v) is 51.3. The molecule has 0 aromatic rings. The Bertz CT molecular complexity index is 1680. The monoisotopic (exact) mass is 1090 g/mol. The van der Waals surface area contributed by atoms with Gasteiger partial charge in [-0.3, -0.25) is 14.4 Å². The smallest absolute Gasteiger partial charge is 0.306 e. The van der Waals surface area contributed by atoms with Crippen LogP contribution in [0.4, 0.5) is 0 Å². The lowest BCUT2D eigenvalue weighted by atomic mass is 10.1. The first kappa shape index (κ1) is 74.5. The summed E-state index contributed by atoms with van der Waals surface area (Å²) in [5.74, 6) is -0.934. The molecule has 0 aliphatic heterocycles. The topological polar surface area (TPSA) is 78.9 Å². The van der Waals surface area contributed by atoms with E-state index in [2.05, 4.69) is 154 Å². The second-order valence-corrected chi connectivity index (χ2v) is 21.3. The van der Waals surface area contributed by atoms with Gasteiger partial charge in [0.05, 0.1) is 0 Å².